The molecule has 0 bridgehead atoms. The molecular formula is C20H28N2O3. The van der Waals surface area contributed by atoms with Gasteiger partial charge in [0.2, 0.25) is 0 Å². The number of allylic oxidation sites excluding steroid dienone is 1. The van der Waals surface area contributed by atoms with Crippen molar-refractivity contribution in [3.05, 3.63) is 42.0 Å². The molecule has 1 saturated heterocycles. The minimum atomic E-state index is -0.498. The van der Waals surface area contributed by atoms with Gasteiger partial charge in [0, 0.05) is 13.1 Å². The number of carbonyl (C=O) groups is 2. The molecule has 0 atom stereocenters. The number of carbonyl (C=O) groups excluding carboxylic acids is 2. The summed E-state index contributed by atoms with van der Waals surface area (Å²) in [5, 5.41) is 3.11. The summed E-state index contributed by atoms with van der Waals surface area (Å²) in [7, 11) is 1.41. The molecule has 136 valence electrons. The largest absolute Gasteiger partial charge is 0.469 e. The van der Waals surface area contributed by atoms with Gasteiger partial charge in [-0.25, -0.2) is 4.79 Å². The van der Waals surface area contributed by atoms with Gasteiger partial charge in [-0.1, -0.05) is 30.4 Å². The maximum absolute atomic E-state index is 12.6. The second-order valence-electron chi connectivity index (χ2n) is 7.20. The van der Waals surface area contributed by atoms with Crippen molar-refractivity contribution >= 4 is 17.6 Å². The first-order chi connectivity index (χ1) is 11.7. The van der Waals surface area contributed by atoms with E-state index in [4.69, 9.17) is 4.74 Å². The van der Waals surface area contributed by atoms with Crippen LogP contribution in [0.5, 0.6) is 0 Å². The highest BCUT2D eigenvalue weighted by atomic mass is 16.5. The van der Waals surface area contributed by atoms with Crippen LogP contribution in [-0.4, -0.2) is 37.1 Å². The standard InChI is InChI=1S/C20H28N2O3/c1-14(2)16-7-6-8-17(13-16)20(3,4)21-19(24)22-11-9-15(10-12-22)18(23)25-5/h6-8,13,15H,1,9-12H2,2-5H3,(H,21,24). The summed E-state index contributed by atoms with van der Waals surface area (Å²) >= 11 is 0. The van der Waals surface area contributed by atoms with Crippen molar-refractivity contribution in [2.75, 3.05) is 20.2 Å². The molecule has 0 aliphatic carbocycles. The number of piperidine rings is 1. The Morgan fingerprint density at radius 3 is 2.48 bits per heavy atom. The normalized spacial score (nSPS) is 15.6. The Labute approximate surface area is 150 Å². The average molecular weight is 344 g/mol. The highest BCUT2D eigenvalue weighted by Crippen LogP contribution is 2.25. The molecule has 5 nitrogen and oxygen atoms in total. The molecule has 0 saturated carbocycles. The third kappa shape index (κ3) is 4.62. The van der Waals surface area contributed by atoms with Crippen molar-refractivity contribution in [2.24, 2.45) is 5.92 Å². The van der Waals surface area contributed by atoms with E-state index in [1.165, 1.54) is 7.11 Å². The quantitative estimate of drug-likeness (QED) is 0.850. The molecule has 0 aromatic heterocycles. The summed E-state index contributed by atoms with van der Waals surface area (Å²) in [4.78, 5) is 26.0. The number of nitrogens with zero attached hydrogens (tertiary/aromatic N) is 1. The minimum absolute atomic E-state index is 0.102. The van der Waals surface area contributed by atoms with Crippen LogP contribution in [0.3, 0.4) is 0 Å². The number of rotatable bonds is 4. The van der Waals surface area contributed by atoms with Crippen LogP contribution in [0.15, 0.2) is 30.8 Å². The Hall–Kier alpha value is -2.30. The summed E-state index contributed by atoms with van der Waals surface area (Å²) in [5.41, 5.74) is 2.60. The van der Waals surface area contributed by atoms with Crippen molar-refractivity contribution in [3.8, 4) is 0 Å². The average Bonchev–Trinajstić information content (AvgIpc) is 2.60. The molecule has 1 N–H and O–H groups in total. The Kier molecular flexibility index (Phi) is 5.88. The van der Waals surface area contributed by atoms with E-state index in [2.05, 4.69) is 18.0 Å². The maximum Gasteiger partial charge on any atom is 0.318 e. The summed E-state index contributed by atoms with van der Waals surface area (Å²) in [6.45, 7) is 11.1. The van der Waals surface area contributed by atoms with E-state index in [-0.39, 0.29) is 17.9 Å². The highest BCUT2D eigenvalue weighted by molar-refractivity contribution is 5.77. The van der Waals surface area contributed by atoms with Crippen LogP contribution in [0.4, 0.5) is 4.79 Å². The summed E-state index contributed by atoms with van der Waals surface area (Å²) in [5.74, 6) is -0.286. The zero-order valence-electron chi connectivity index (χ0n) is 15.6. The Morgan fingerprint density at radius 2 is 1.92 bits per heavy atom. The number of ether oxygens (including phenoxy) is 1. The molecule has 5 heteroatoms. The van der Waals surface area contributed by atoms with Gasteiger partial charge in [-0.05, 0) is 50.8 Å². The zero-order chi connectivity index (χ0) is 18.6. The first-order valence-electron chi connectivity index (χ1n) is 8.66. The number of nitrogens with one attached hydrogen (secondary N) is 1. The van der Waals surface area contributed by atoms with Gasteiger partial charge >= 0.3 is 12.0 Å². The monoisotopic (exact) mass is 344 g/mol. The first-order valence-corrected chi connectivity index (χ1v) is 8.66. The van der Waals surface area contributed by atoms with E-state index in [1.807, 2.05) is 39.0 Å². The van der Waals surface area contributed by atoms with E-state index in [0.29, 0.717) is 25.9 Å². The highest BCUT2D eigenvalue weighted by Gasteiger charge is 2.31. The number of methoxy groups -OCH3 is 1. The zero-order valence-corrected chi connectivity index (χ0v) is 15.6. The molecule has 2 amide bonds. The van der Waals surface area contributed by atoms with Crippen LogP contribution in [0.25, 0.3) is 5.57 Å². The fourth-order valence-corrected chi connectivity index (χ4v) is 3.08. The van der Waals surface area contributed by atoms with E-state index in [9.17, 15) is 9.59 Å². The van der Waals surface area contributed by atoms with Gasteiger partial charge in [0.1, 0.15) is 0 Å². The summed E-state index contributed by atoms with van der Waals surface area (Å²) in [6.07, 6.45) is 1.29. The number of urea groups is 1. The van der Waals surface area contributed by atoms with Crippen LogP contribution < -0.4 is 5.32 Å². The van der Waals surface area contributed by atoms with Crippen molar-refractivity contribution < 1.29 is 14.3 Å². The third-order valence-corrected chi connectivity index (χ3v) is 4.81. The third-order valence-electron chi connectivity index (χ3n) is 4.81. The molecule has 2 rings (SSSR count). The molecule has 0 unspecified atom stereocenters. The van der Waals surface area contributed by atoms with Gasteiger partial charge in [-0.2, -0.15) is 0 Å². The molecule has 0 spiro atoms. The van der Waals surface area contributed by atoms with Gasteiger partial charge in [0.15, 0.2) is 0 Å². The lowest BCUT2D eigenvalue weighted by Gasteiger charge is -2.35. The van der Waals surface area contributed by atoms with Crippen molar-refractivity contribution in [1.82, 2.24) is 10.2 Å². The minimum Gasteiger partial charge on any atom is -0.469 e. The Bertz CT molecular complexity index is 659. The second kappa shape index (κ2) is 7.72. The predicted octanol–water partition coefficient (Wildman–Crippen LogP) is 3.55. The topological polar surface area (TPSA) is 58.6 Å². The van der Waals surface area contributed by atoms with Crippen LogP contribution in [-0.2, 0) is 15.1 Å². The maximum atomic E-state index is 12.6. The smallest absolute Gasteiger partial charge is 0.318 e. The van der Waals surface area contributed by atoms with Crippen LogP contribution in [0.1, 0.15) is 44.7 Å². The second-order valence-corrected chi connectivity index (χ2v) is 7.20. The molecule has 1 heterocycles. The lowest BCUT2D eigenvalue weighted by Crippen LogP contribution is -2.51. The van der Waals surface area contributed by atoms with Crippen LogP contribution >= 0.6 is 0 Å². The summed E-state index contributed by atoms with van der Waals surface area (Å²) < 4.78 is 4.79. The molecule has 1 aromatic rings. The van der Waals surface area contributed by atoms with Crippen molar-refractivity contribution in [1.29, 1.82) is 0 Å². The fourth-order valence-electron chi connectivity index (χ4n) is 3.08. The molecule has 25 heavy (non-hydrogen) atoms. The number of hydrogen-bond donors (Lipinski definition) is 1. The van der Waals surface area contributed by atoms with Crippen LogP contribution in [0.2, 0.25) is 0 Å². The lowest BCUT2D eigenvalue weighted by molar-refractivity contribution is -0.146. The molecule has 0 radical (unpaired) electrons. The predicted molar refractivity (Wildman–Crippen MR) is 99.0 cm³/mol. The lowest BCUT2D eigenvalue weighted by atomic mass is 9.91. The van der Waals surface area contributed by atoms with Crippen LogP contribution in [0, 0.1) is 5.92 Å². The molecular weight excluding hydrogens is 316 g/mol. The van der Waals surface area contributed by atoms with Gasteiger partial charge in [-0.3, -0.25) is 4.79 Å². The van der Waals surface area contributed by atoms with Gasteiger partial charge in [0.25, 0.3) is 0 Å². The number of hydrogen-bond acceptors (Lipinski definition) is 3. The SMILES string of the molecule is C=C(C)c1cccc(C(C)(C)NC(=O)N2CCC(C(=O)OC)CC2)c1. The van der Waals surface area contributed by atoms with Gasteiger partial charge in [-0.15, -0.1) is 0 Å². The Morgan fingerprint density at radius 1 is 1.28 bits per heavy atom. The summed E-state index contributed by atoms with van der Waals surface area (Å²) in [6, 6.07) is 7.97. The number of likely N-dealkylation sites (tertiary alicyclic amines) is 1. The number of amides is 2. The van der Waals surface area contributed by atoms with E-state index >= 15 is 0 Å². The molecule has 1 aromatic carbocycles. The molecule has 1 fully saturated rings. The van der Waals surface area contributed by atoms with Crippen molar-refractivity contribution in [3.63, 3.8) is 0 Å². The molecule has 1 aliphatic heterocycles. The molecule has 1 aliphatic rings. The number of benzene rings is 1. The first kappa shape index (κ1) is 19.0. The van der Waals surface area contributed by atoms with E-state index in [1.54, 1.807) is 4.90 Å². The van der Waals surface area contributed by atoms with Gasteiger partial charge < -0.3 is 15.0 Å². The Balaban J connectivity index is 2.01. The fraction of sp³-hybridized carbons (Fsp3) is 0.500. The van der Waals surface area contributed by atoms with Gasteiger partial charge in [0.05, 0.1) is 18.6 Å². The van der Waals surface area contributed by atoms with E-state index in [0.717, 1.165) is 16.7 Å². The van der Waals surface area contributed by atoms with Crippen molar-refractivity contribution in [2.45, 2.75) is 39.2 Å². The number of esters is 1. The van der Waals surface area contributed by atoms with E-state index < -0.39 is 5.54 Å².